The molecule has 3 amide bonds. The molecule has 2 unspecified atom stereocenters. The Balaban J connectivity index is 1.61. The third-order valence-corrected chi connectivity index (χ3v) is 7.98. The zero-order valence-electron chi connectivity index (χ0n) is 23.7. The van der Waals surface area contributed by atoms with Crippen molar-refractivity contribution in [3.63, 3.8) is 0 Å². The van der Waals surface area contributed by atoms with E-state index in [9.17, 15) is 22.8 Å². The van der Waals surface area contributed by atoms with E-state index in [1.807, 2.05) is 6.08 Å². The summed E-state index contributed by atoms with van der Waals surface area (Å²) in [5.74, 6) is 0.154. The molecule has 0 aromatic heterocycles. The van der Waals surface area contributed by atoms with Gasteiger partial charge in [0.15, 0.2) is 0 Å². The average Bonchev–Trinajstić information content (AvgIpc) is 2.97. The minimum atomic E-state index is -4.54. The van der Waals surface area contributed by atoms with Crippen LogP contribution in [0.5, 0.6) is 0 Å². The van der Waals surface area contributed by atoms with Crippen LogP contribution >= 0.6 is 0 Å². The minimum Gasteiger partial charge on any atom is -0.363 e. The first kappa shape index (κ1) is 30.7. The van der Waals surface area contributed by atoms with Gasteiger partial charge in [-0.15, -0.1) is 5.53 Å². The van der Waals surface area contributed by atoms with Gasteiger partial charge in [0.05, 0.1) is 12.1 Å². The van der Waals surface area contributed by atoms with E-state index in [-0.39, 0.29) is 29.7 Å². The van der Waals surface area contributed by atoms with Crippen molar-refractivity contribution in [2.75, 3.05) is 5.32 Å². The molecule has 1 fully saturated rings. The molecule has 5 N–H and O–H groups in total. The average molecular weight is 582 g/mol. The van der Waals surface area contributed by atoms with Gasteiger partial charge < -0.3 is 11.1 Å². The Morgan fingerprint density at radius 3 is 2.40 bits per heavy atom. The van der Waals surface area contributed by atoms with Gasteiger partial charge in [-0.2, -0.15) is 18.2 Å². The van der Waals surface area contributed by atoms with Crippen molar-refractivity contribution >= 4 is 23.6 Å². The Morgan fingerprint density at radius 2 is 1.79 bits per heavy atom. The number of carbonyl (C=O) groups excluding carboxylic acids is 2. The van der Waals surface area contributed by atoms with Crippen molar-refractivity contribution in [1.82, 2.24) is 4.90 Å². The van der Waals surface area contributed by atoms with Gasteiger partial charge in [0.25, 0.3) is 11.9 Å². The minimum absolute atomic E-state index is 0.0788. The van der Waals surface area contributed by atoms with Crippen LogP contribution < -0.4 is 16.6 Å². The summed E-state index contributed by atoms with van der Waals surface area (Å²) < 4.78 is 40.2. The normalized spacial score (nSPS) is 19.6. The highest BCUT2D eigenvalue weighted by atomic mass is 19.4. The lowest BCUT2D eigenvalue weighted by Gasteiger charge is -2.35. The number of halogens is 3. The molecule has 8 nitrogen and oxygen atoms in total. The first-order valence-corrected chi connectivity index (χ1v) is 14.0. The third-order valence-electron chi connectivity index (χ3n) is 7.98. The molecule has 0 bridgehead atoms. The largest absolute Gasteiger partial charge is 0.416 e. The van der Waals surface area contributed by atoms with Gasteiger partial charge in [0.1, 0.15) is 0 Å². The number of nitrogens with two attached hydrogens (primary N) is 2. The quantitative estimate of drug-likeness (QED) is 0.220. The molecular formula is C31H36F3N6O2+. The molecule has 0 saturated heterocycles. The standard InChI is InChI=1S/C31H35F3N6O2/c1-19-8-13-24(31(32,33)34)17-27(19)37-30(42)40(18-21-9-11-23(12-10-21)28(41)38-29(35)39-36)25-14-15-26(20(2)16-25)22-6-4-3-5-7-22/h8-17,20,22,26,36H,3-7,18H2,1-2H3,(H,37,42)(H2,35,38,41)/p+1. The van der Waals surface area contributed by atoms with Gasteiger partial charge in [-0.3, -0.25) is 9.69 Å². The summed E-state index contributed by atoms with van der Waals surface area (Å²) in [6, 6.07) is 9.14. The molecule has 0 spiro atoms. The lowest BCUT2D eigenvalue weighted by Crippen LogP contribution is -2.35. The number of hydrogen-bond donors (Lipinski definition) is 3. The van der Waals surface area contributed by atoms with Crippen LogP contribution in [-0.2, 0) is 12.7 Å². The number of alkyl halides is 3. The molecule has 2 aromatic carbocycles. The number of benzene rings is 2. The topological polar surface area (TPSA) is 126 Å². The van der Waals surface area contributed by atoms with Crippen LogP contribution in [0.3, 0.4) is 0 Å². The van der Waals surface area contributed by atoms with E-state index in [1.54, 1.807) is 31.2 Å². The summed E-state index contributed by atoms with van der Waals surface area (Å²) in [7, 11) is 0. The number of aryl methyl sites for hydroxylation is 1. The van der Waals surface area contributed by atoms with E-state index in [4.69, 9.17) is 11.3 Å². The Morgan fingerprint density at radius 1 is 1.10 bits per heavy atom. The highest BCUT2D eigenvalue weighted by Crippen LogP contribution is 2.38. The van der Waals surface area contributed by atoms with Gasteiger partial charge >= 0.3 is 12.2 Å². The maximum atomic E-state index is 13.7. The number of aliphatic imine (C=N–C) groups is 1. The first-order chi connectivity index (χ1) is 20.0. The summed E-state index contributed by atoms with van der Waals surface area (Å²) >= 11 is 0. The lowest BCUT2D eigenvalue weighted by atomic mass is 9.73. The van der Waals surface area contributed by atoms with Crippen LogP contribution in [-0.4, -0.2) is 22.8 Å². The van der Waals surface area contributed by atoms with E-state index in [0.29, 0.717) is 28.7 Å². The maximum absolute atomic E-state index is 13.7. The second-order valence-corrected chi connectivity index (χ2v) is 10.9. The highest BCUT2D eigenvalue weighted by molar-refractivity contribution is 6.02. The Kier molecular flexibility index (Phi) is 9.59. The second-order valence-electron chi connectivity index (χ2n) is 10.9. The molecule has 1 saturated carbocycles. The van der Waals surface area contributed by atoms with Gasteiger partial charge in [-0.05, 0) is 79.0 Å². The summed E-state index contributed by atoms with van der Waals surface area (Å²) in [6.45, 7) is 3.88. The van der Waals surface area contributed by atoms with Crippen LogP contribution in [0.25, 0.3) is 0 Å². The number of anilines is 1. The molecule has 2 aromatic rings. The van der Waals surface area contributed by atoms with Gasteiger partial charge in [0, 0.05) is 22.1 Å². The monoisotopic (exact) mass is 581 g/mol. The van der Waals surface area contributed by atoms with Crippen molar-refractivity contribution in [2.45, 2.75) is 58.7 Å². The second kappa shape index (κ2) is 13.1. The lowest BCUT2D eigenvalue weighted by molar-refractivity contribution is -0.207. The van der Waals surface area contributed by atoms with E-state index in [2.05, 4.69) is 34.5 Å². The molecule has 2 aliphatic rings. The fourth-order valence-corrected chi connectivity index (χ4v) is 5.64. The zero-order valence-corrected chi connectivity index (χ0v) is 23.7. The fraction of sp³-hybridized carbons (Fsp3) is 0.387. The zero-order chi connectivity index (χ0) is 30.4. The van der Waals surface area contributed by atoms with Crippen LogP contribution in [0.4, 0.5) is 23.7 Å². The number of urea groups is 1. The molecule has 2 aliphatic carbocycles. The van der Waals surface area contributed by atoms with Crippen molar-refractivity contribution in [1.29, 1.82) is 0 Å². The maximum Gasteiger partial charge on any atom is 0.416 e. The van der Waals surface area contributed by atoms with Crippen molar-refractivity contribution in [3.05, 3.63) is 88.6 Å². The van der Waals surface area contributed by atoms with Gasteiger partial charge in [0.2, 0.25) is 0 Å². The first-order valence-electron chi connectivity index (χ1n) is 14.0. The van der Waals surface area contributed by atoms with Crippen molar-refractivity contribution in [3.8, 4) is 0 Å². The predicted molar refractivity (Wildman–Crippen MR) is 154 cm³/mol. The molecular weight excluding hydrogens is 545 g/mol. The molecule has 0 radical (unpaired) electrons. The van der Waals surface area contributed by atoms with Crippen LogP contribution in [0, 0.1) is 24.7 Å². The number of nitrogens with zero attached hydrogens (tertiary/aromatic N) is 3. The Hall–Kier alpha value is -4.28. The van der Waals surface area contributed by atoms with E-state index in [1.165, 1.54) is 43.1 Å². The summed E-state index contributed by atoms with van der Waals surface area (Å²) in [5.41, 5.74) is 11.8. The summed E-state index contributed by atoms with van der Waals surface area (Å²) in [6.07, 6.45) is 7.69. The Bertz CT molecular complexity index is 1410. The van der Waals surface area contributed by atoms with Crippen LogP contribution in [0.1, 0.15) is 66.1 Å². The van der Waals surface area contributed by atoms with Crippen molar-refractivity contribution < 1.29 is 28.3 Å². The smallest absolute Gasteiger partial charge is 0.363 e. The number of hydrogen-bond acceptors (Lipinski definition) is 2. The molecule has 11 heteroatoms. The number of guanidine groups is 1. The molecule has 4 rings (SSSR count). The molecule has 2 atom stereocenters. The van der Waals surface area contributed by atoms with E-state index in [0.717, 1.165) is 12.1 Å². The van der Waals surface area contributed by atoms with E-state index < -0.39 is 23.7 Å². The van der Waals surface area contributed by atoms with Crippen molar-refractivity contribution in [2.24, 2.45) is 33.6 Å². The molecule has 222 valence electrons. The van der Waals surface area contributed by atoms with E-state index >= 15 is 0 Å². The fourth-order valence-electron chi connectivity index (χ4n) is 5.64. The van der Waals surface area contributed by atoms with Crippen LogP contribution in [0.15, 0.2) is 76.5 Å². The number of allylic oxidation sites excluding steroid dienone is 3. The number of carbonyl (C=O) groups is 2. The van der Waals surface area contributed by atoms with Gasteiger partial charge in [-0.1, -0.05) is 56.5 Å². The highest BCUT2D eigenvalue weighted by Gasteiger charge is 2.32. The number of rotatable bonds is 6. The molecule has 0 aliphatic heterocycles. The number of amides is 3. The van der Waals surface area contributed by atoms with Crippen LogP contribution in [0.2, 0.25) is 0 Å². The third kappa shape index (κ3) is 7.51. The van der Waals surface area contributed by atoms with Gasteiger partial charge in [-0.25, -0.2) is 4.79 Å². The summed E-state index contributed by atoms with van der Waals surface area (Å²) in [5, 5.41) is 5.85. The Labute approximate surface area is 243 Å². The molecule has 0 heterocycles. The molecule has 42 heavy (non-hydrogen) atoms. The number of nitrogens with one attached hydrogen (secondary N) is 1. The SMILES string of the molecule is Cc1ccc(C(F)(F)F)cc1NC(=O)N(Cc1ccc(C(=O)N=C(N)N=[NH2+])cc1)C1=CC(C)C(C2CCCCC2)C=C1. The predicted octanol–water partition coefficient (Wildman–Crippen LogP) is 6.00. The summed E-state index contributed by atoms with van der Waals surface area (Å²) in [4.78, 5) is 31.1.